The molecule has 22 atom stereocenters. The normalized spacial score (nSPS) is 39.1. The van der Waals surface area contributed by atoms with Crippen LogP contribution in [0.4, 0.5) is 14.4 Å². The second-order valence-electron chi connectivity index (χ2n) is 34.2. The van der Waals surface area contributed by atoms with Gasteiger partial charge >= 0.3 is 30.2 Å². The highest BCUT2D eigenvalue weighted by molar-refractivity contribution is 5.78. The molecule has 6 saturated carbocycles. The maximum atomic E-state index is 13.7. The average Bonchev–Trinajstić information content (AvgIpc) is 1.53. The number of ether oxygens (including phenoxy) is 7. The van der Waals surface area contributed by atoms with Gasteiger partial charge < -0.3 is 54.0 Å². The fourth-order valence-electron chi connectivity index (χ4n) is 23.7. The molecule has 4 saturated heterocycles. The molecule has 15 rings (SSSR count). The van der Waals surface area contributed by atoms with Gasteiger partial charge in [-0.25, -0.2) is 14.4 Å². The first-order valence-electron chi connectivity index (χ1n) is 38.9. The van der Waals surface area contributed by atoms with Crippen molar-refractivity contribution < 1.29 is 57.1 Å². The lowest BCUT2D eigenvalue weighted by Gasteiger charge is -2.54. The van der Waals surface area contributed by atoms with Crippen molar-refractivity contribution in [1.29, 1.82) is 0 Å². The van der Waals surface area contributed by atoms with Gasteiger partial charge in [-0.05, 0) is 229 Å². The Bertz CT molecular complexity index is 3510. The van der Waals surface area contributed by atoms with Gasteiger partial charge in [0.2, 0.25) is 0 Å². The second-order valence-corrected chi connectivity index (χ2v) is 34.2. The summed E-state index contributed by atoms with van der Waals surface area (Å²) in [5, 5.41) is 2.56. The zero-order chi connectivity index (χ0) is 69.8. The van der Waals surface area contributed by atoms with Crippen molar-refractivity contribution in [2.75, 3.05) is 26.2 Å². The molecular formula is C84H114N4O12. The van der Waals surface area contributed by atoms with Crippen LogP contribution in [0.5, 0.6) is 0 Å². The van der Waals surface area contributed by atoms with Crippen LogP contribution >= 0.6 is 0 Å². The summed E-state index contributed by atoms with van der Waals surface area (Å²) >= 11 is 0. The molecular weight excluding hydrogens is 1260 g/mol. The van der Waals surface area contributed by atoms with Crippen molar-refractivity contribution in [3.8, 4) is 0 Å². The number of allylic oxidation sites excluding steroid dienone is 2. The molecule has 8 aliphatic carbocycles. The van der Waals surface area contributed by atoms with E-state index < -0.39 is 12.1 Å². The van der Waals surface area contributed by atoms with Crippen molar-refractivity contribution >= 4 is 30.2 Å². The fourth-order valence-corrected chi connectivity index (χ4v) is 23.7. The Labute approximate surface area is 594 Å². The van der Waals surface area contributed by atoms with Gasteiger partial charge in [-0.1, -0.05) is 155 Å². The van der Waals surface area contributed by atoms with E-state index in [0.29, 0.717) is 71.8 Å². The van der Waals surface area contributed by atoms with Gasteiger partial charge in [-0.3, -0.25) is 9.59 Å². The molecule has 3 amide bonds. The van der Waals surface area contributed by atoms with E-state index in [0.717, 1.165) is 113 Å². The number of nitrogens with one attached hydrogen (secondary N) is 1. The first-order chi connectivity index (χ1) is 48.1. The van der Waals surface area contributed by atoms with Gasteiger partial charge in [-0.2, -0.15) is 0 Å². The first-order valence-corrected chi connectivity index (χ1v) is 38.9. The number of carbonyl (C=O) groups is 5. The summed E-state index contributed by atoms with van der Waals surface area (Å²) in [7, 11) is 0. The standard InChI is InChI=1S/C46H60N2O7.C38H54N2O5/c1-29-21-40-42(48(26-29)44(51)53-28-33-13-9-6-10-14-33)31(3)46(55-40)20-18-36-37-16-15-34-22-35(17-19-45(34,4)39(37)23-38(36)30(2)24-46)54-41(49)25-47-43(50)52-27-32-11-7-5-8-12-32;1-23-16-33-35(40(21-23)36(42)43-22-26-8-6-5-7-9-26)25(3)38(45-33)15-13-29-30-11-10-27-17-28(44-34(41)20-39)12-14-37(27,4)32(30)18-31(29)24(2)19-38/h5-14,29,31,34-37,39-40,42H,15-28H2,1-4H3,(H,47,50);5-9,23,25,27-30,32-33,35H,10-22,39H2,1-4H3/t29-,31+,34+,35+,36-,37-,39-,40+,42-,45-,46-;23-,25+,27+,28+,29-,30-,32-,33+,35-,37-,38-/m00/s1. The molecule has 0 unspecified atom stereocenters. The summed E-state index contributed by atoms with van der Waals surface area (Å²) in [5.41, 5.74) is 15.0. The minimum Gasteiger partial charge on any atom is -0.461 e. The van der Waals surface area contributed by atoms with E-state index in [2.05, 4.69) is 60.7 Å². The molecule has 3 N–H and O–H groups in total. The molecule has 0 aromatic heterocycles. The van der Waals surface area contributed by atoms with Crippen molar-refractivity contribution in [1.82, 2.24) is 15.1 Å². The Morgan fingerprint density at radius 2 is 0.930 bits per heavy atom. The van der Waals surface area contributed by atoms with Crippen molar-refractivity contribution in [3.63, 3.8) is 0 Å². The minimum atomic E-state index is -0.618. The summed E-state index contributed by atoms with van der Waals surface area (Å²) in [6.45, 7) is 21.0. The van der Waals surface area contributed by atoms with Gasteiger partial charge in [0.05, 0.1) is 42.0 Å². The number of esters is 2. The number of hydrogen-bond acceptors (Lipinski definition) is 13. The molecule has 0 radical (unpaired) electrons. The lowest BCUT2D eigenvalue weighted by atomic mass is 9.52. The molecule has 4 aliphatic heterocycles. The van der Waals surface area contributed by atoms with Crippen LogP contribution in [0.1, 0.15) is 200 Å². The van der Waals surface area contributed by atoms with Gasteiger partial charge in [0.25, 0.3) is 0 Å². The smallest absolute Gasteiger partial charge is 0.410 e. The number of likely N-dealkylation sites (tertiary alicyclic amines) is 2. The van der Waals surface area contributed by atoms with Crippen molar-refractivity contribution in [3.05, 3.63) is 130 Å². The lowest BCUT2D eigenvalue weighted by Crippen LogP contribution is -2.54. The zero-order valence-corrected chi connectivity index (χ0v) is 61.0. The van der Waals surface area contributed by atoms with E-state index >= 15 is 0 Å². The fraction of sp³-hybridized carbons (Fsp3) is 0.679. The number of amides is 3. The number of piperidine rings is 2. The summed E-state index contributed by atoms with van der Waals surface area (Å²) in [5.74, 6) is 5.70. The quantitative estimate of drug-likeness (QED) is 0.105. The Hall–Kier alpha value is -6.23. The molecule has 3 aromatic rings. The molecule has 4 heterocycles. The number of nitrogens with zero attached hydrogens (tertiary/aromatic N) is 2. The van der Waals surface area contributed by atoms with Crippen LogP contribution < -0.4 is 11.1 Å². The summed E-state index contributed by atoms with van der Waals surface area (Å²) < 4.78 is 43.1. The number of fused-ring (bicyclic) bond motifs is 12. The maximum absolute atomic E-state index is 13.7. The molecule has 10 fully saturated rings. The van der Waals surface area contributed by atoms with Crippen LogP contribution in [0.2, 0.25) is 0 Å². The maximum Gasteiger partial charge on any atom is 0.410 e. The minimum absolute atomic E-state index is 0.0288. The summed E-state index contributed by atoms with van der Waals surface area (Å²) in [4.78, 5) is 68.1. The van der Waals surface area contributed by atoms with Crippen molar-refractivity contribution in [2.45, 2.75) is 251 Å². The van der Waals surface area contributed by atoms with Crippen molar-refractivity contribution in [2.24, 2.45) is 87.6 Å². The Morgan fingerprint density at radius 3 is 1.35 bits per heavy atom. The predicted molar refractivity (Wildman–Crippen MR) is 381 cm³/mol. The van der Waals surface area contributed by atoms with Gasteiger partial charge in [0.1, 0.15) is 38.6 Å². The van der Waals surface area contributed by atoms with Gasteiger partial charge in [-0.15, -0.1) is 0 Å². The predicted octanol–water partition coefficient (Wildman–Crippen LogP) is 16.0. The van der Waals surface area contributed by atoms with Crippen LogP contribution in [0.25, 0.3) is 0 Å². The average molecular weight is 1370 g/mol. The van der Waals surface area contributed by atoms with Crippen LogP contribution in [0, 0.1) is 81.8 Å². The number of carbonyl (C=O) groups excluding carboxylic acids is 5. The topological polar surface area (TPSA) is 194 Å². The Balaban J connectivity index is 0.000000174. The number of benzene rings is 3. The van der Waals surface area contributed by atoms with Crippen LogP contribution in [0.3, 0.4) is 0 Å². The SMILES string of the molecule is CC1=C2C[C@H]3[C@@H](CC[C@@H]4C[C@H](OC(=O)CN)CC[C@@]43C)[C@@H]2CC[C@@]2(C1)O[C@@H]1C[C@H](C)CN(C(=O)OCc3ccccc3)[C@H]1[C@H]2C.CC1=C2C[C@H]3[C@@H](CC[C@@H]4C[C@H](OC(=O)CNC(=O)OCc5ccccc5)CC[C@@]43C)[C@@H]2CC[C@@]2(C1)O[C@@H]1C[C@H](C)CN(C(=O)OCc3ccccc3)[C@H]1[C@H]2C. The molecule has 16 heteroatoms. The van der Waals surface area contributed by atoms with E-state index in [9.17, 15) is 24.0 Å². The van der Waals surface area contributed by atoms with Crippen LogP contribution in [-0.4, -0.2) is 114 Å². The van der Waals surface area contributed by atoms with E-state index in [1.807, 2.05) is 101 Å². The summed E-state index contributed by atoms with van der Waals surface area (Å²) in [6, 6.07) is 29.5. The first kappa shape index (κ1) is 70.8. The highest BCUT2D eigenvalue weighted by Crippen LogP contribution is 2.68. The summed E-state index contributed by atoms with van der Waals surface area (Å²) in [6.07, 6.45) is 20.5. The Morgan fingerprint density at radius 1 is 0.520 bits per heavy atom. The van der Waals surface area contributed by atoms with Crippen LogP contribution in [0.15, 0.2) is 113 Å². The highest BCUT2D eigenvalue weighted by Gasteiger charge is 2.64. The zero-order valence-electron chi connectivity index (χ0n) is 61.0. The van der Waals surface area contributed by atoms with E-state index in [-0.39, 0.29) is 109 Å². The van der Waals surface area contributed by atoms with Crippen LogP contribution in [-0.2, 0) is 62.6 Å². The monoisotopic (exact) mass is 1370 g/mol. The van der Waals surface area contributed by atoms with E-state index in [4.69, 9.17) is 38.9 Å². The third kappa shape index (κ3) is 13.8. The lowest BCUT2D eigenvalue weighted by molar-refractivity contribution is -0.156. The number of nitrogens with two attached hydrogens (primary N) is 1. The number of alkyl carbamates (subject to hydrolysis) is 1. The molecule has 16 nitrogen and oxygen atoms in total. The second kappa shape index (κ2) is 29.1. The third-order valence-electron chi connectivity index (χ3n) is 28.6. The third-order valence-corrected chi connectivity index (χ3v) is 28.6. The Kier molecular flexibility index (Phi) is 20.6. The number of rotatable bonds is 11. The molecule has 12 aliphatic rings. The van der Waals surface area contributed by atoms with E-state index in [1.165, 1.54) is 50.5 Å². The number of hydrogen-bond donors (Lipinski definition) is 2. The largest absolute Gasteiger partial charge is 0.461 e. The van der Waals surface area contributed by atoms with E-state index in [1.54, 1.807) is 16.7 Å². The van der Waals surface area contributed by atoms with Gasteiger partial charge in [0.15, 0.2) is 0 Å². The highest BCUT2D eigenvalue weighted by atomic mass is 16.6. The molecule has 3 aromatic carbocycles. The van der Waals surface area contributed by atoms with Gasteiger partial charge in [0, 0.05) is 24.9 Å². The molecule has 0 bridgehead atoms. The molecule has 100 heavy (non-hydrogen) atoms. The molecule has 542 valence electrons. The molecule has 2 spiro atoms.